The second-order valence-corrected chi connectivity index (χ2v) is 0.894. The molecule has 17 heavy (non-hydrogen) atoms. The van der Waals surface area contributed by atoms with Gasteiger partial charge in [0.15, 0.2) is 0 Å². The molecule has 0 saturated carbocycles. The first-order chi connectivity index (χ1) is 6.93. The standard InChI is InChI=1S/In.4NO3.3H/c;4*2-1(3)4;;;/q;4*-1;;;. The molecule has 0 aliphatic heterocycles. The van der Waals surface area contributed by atoms with Crippen molar-refractivity contribution in [2.24, 2.45) is 0 Å². The van der Waals surface area contributed by atoms with Crippen molar-refractivity contribution >= 4 is 25.8 Å². The Hall–Kier alpha value is -2.33. The van der Waals surface area contributed by atoms with E-state index in [1.165, 1.54) is 0 Å². The number of rotatable bonds is 0. The summed E-state index contributed by atoms with van der Waals surface area (Å²) in [5, 5.41) is 59.0. The topological polar surface area (TPSA) is 265 Å². The minimum absolute atomic E-state index is 0. The summed E-state index contributed by atoms with van der Waals surface area (Å²) < 4.78 is 0. The summed E-state index contributed by atoms with van der Waals surface area (Å²) in [5.74, 6) is 0. The maximum absolute atomic E-state index is 8.25. The van der Waals surface area contributed by atoms with Gasteiger partial charge in [-0.15, -0.1) is 0 Å². The van der Waals surface area contributed by atoms with Crippen LogP contribution in [-0.4, -0.2) is 46.2 Å². The molecule has 0 spiro atoms. The Morgan fingerprint density at radius 1 is 0.412 bits per heavy atom. The molecule has 16 nitrogen and oxygen atoms in total. The SMILES string of the molecule is O=[N+]([O-])[O-].O=[N+]([O-])[O-].O=[N+]([O-])[O-].O=[N+]([O-])[O-].[InH3]. The summed E-state index contributed by atoms with van der Waals surface area (Å²) >= 11 is 0. The van der Waals surface area contributed by atoms with Gasteiger partial charge in [-0.25, -0.2) is 0 Å². The third kappa shape index (κ3) is 343. The van der Waals surface area contributed by atoms with E-state index in [2.05, 4.69) is 0 Å². The van der Waals surface area contributed by atoms with Gasteiger partial charge in [-0.2, -0.15) is 0 Å². The Morgan fingerprint density at radius 3 is 0.412 bits per heavy atom. The van der Waals surface area contributed by atoms with E-state index >= 15 is 0 Å². The van der Waals surface area contributed by atoms with Gasteiger partial charge < -0.3 is 61.3 Å². The molecule has 0 rings (SSSR count). The Bertz CT molecular complexity index is 159. The van der Waals surface area contributed by atoms with E-state index in [9.17, 15) is 0 Å². The summed E-state index contributed by atoms with van der Waals surface area (Å²) in [5.41, 5.74) is 0. The first-order valence-corrected chi connectivity index (χ1v) is 2.19. The van der Waals surface area contributed by atoms with Crippen molar-refractivity contribution in [3.8, 4) is 0 Å². The van der Waals surface area contributed by atoms with Gasteiger partial charge in [0.25, 0.3) is 0 Å². The van der Waals surface area contributed by atoms with E-state index in [-0.39, 0.29) is 25.8 Å². The Morgan fingerprint density at radius 2 is 0.412 bits per heavy atom. The fourth-order valence-electron chi connectivity index (χ4n) is 0. The van der Waals surface area contributed by atoms with Crippen LogP contribution < -0.4 is 0 Å². The quantitative estimate of drug-likeness (QED) is 0.328. The van der Waals surface area contributed by atoms with E-state index in [0.29, 0.717) is 0 Å². The van der Waals surface area contributed by atoms with Crippen molar-refractivity contribution < 1.29 is 20.3 Å². The second-order valence-electron chi connectivity index (χ2n) is 0.894. The van der Waals surface area contributed by atoms with Crippen LogP contribution >= 0.6 is 0 Å². The van der Waals surface area contributed by atoms with Crippen molar-refractivity contribution in [1.82, 2.24) is 0 Å². The molecule has 102 valence electrons. The predicted molar refractivity (Wildman–Crippen MR) is 51.4 cm³/mol. The summed E-state index contributed by atoms with van der Waals surface area (Å²) in [7, 11) is 0. The van der Waals surface area contributed by atoms with Crippen molar-refractivity contribution in [3.05, 3.63) is 61.3 Å². The van der Waals surface area contributed by atoms with Gasteiger partial charge in [-0.05, 0) is 0 Å². The molecule has 0 bridgehead atoms. The zero-order valence-corrected chi connectivity index (χ0v) is 6.69. The van der Waals surface area contributed by atoms with Gasteiger partial charge in [0.2, 0.25) is 0 Å². The molecule has 0 radical (unpaired) electrons. The van der Waals surface area contributed by atoms with E-state index in [1.807, 2.05) is 0 Å². The number of hydrogen-bond donors (Lipinski definition) is 0. The molecule has 0 N–H and O–H groups in total. The van der Waals surface area contributed by atoms with Gasteiger partial charge in [-0.1, -0.05) is 0 Å². The molecule has 17 heteroatoms. The molecule has 0 fully saturated rings. The molecule has 0 amide bonds. The van der Waals surface area contributed by atoms with Crippen LogP contribution in [0.25, 0.3) is 0 Å². The van der Waals surface area contributed by atoms with Crippen LogP contribution in [0.1, 0.15) is 0 Å². The van der Waals surface area contributed by atoms with Crippen LogP contribution in [0.15, 0.2) is 0 Å². The zero-order chi connectivity index (χ0) is 14.3. The van der Waals surface area contributed by atoms with E-state index in [1.54, 1.807) is 0 Å². The van der Waals surface area contributed by atoms with Gasteiger partial charge >= 0.3 is 25.8 Å². The van der Waals surface area contributed by atoms with Gasteiger partial charge in [0, 0.05) is 0 Å². The van der Waals surface area contributed by atoms with Crippen LogP contribution in [-0.2, 0) is 0 Å². The monoisotopic (exact) mass is 366 g/mol. The predicted octanol–water partition coefficient (Wildman–Crippen LogP) is -2.14. The molecule has 0 aliphatic carbocycles. The molecule has 0 heterocycles. The van der Waals surface area contributed by atoms with Gasteiger partial charge in [0.05, 0.1) is 20.3 Å². The maximum atomic E-state index is 8.25. The average Bonchev–Trinajstić information content (AvgIpc) is 1.76. The van der Waals surface area contributed by atoms with Crippen LogP contribution in [0.5, 0.6) is 0 Å². The van der Waals surface area contributed by atoms with E-state index < -0.39 is 20.3 Å². The molecule has 0 unspecified atom stereocenters. The first-order valence-electron chi connectivity index (χ1n) is 2.19. The Balaban J connectivity index is -0.0000000369. The van der Waals surface area contributed by atoms with E-state index in [4.69, 9.17) is 61.3 Å². The van der Waals surface area contributed by atoms with Crippen molar-refractivity contribution in [1.29, 1.82) is 0 Å². The van der Waals surface area contributed by atoms with Crippen LogP contribution in [0.4, 0.5) is 0 Å². The molecule has 0 aromatic rings. The average molecular weight is 366 g/mol. The van der Waals surface area contributed by atoms with E-state index in [0.717, 1.165) is 0 Å². The molecule has 0 aliphatic rings. The summed E-state index contributed by atoms with van der Waals surface area (Å²) in [6.45, 7) is 0. The summed E-state index contributed by atoms with van der Waals surface area (Å²) in [6, 6.07) is 0. The number of hydrogen-bond acceptors (Lipinski definition) is 12. The molecular formula is H3InN4O12-4. The van der Waals surface area contributed by atoms with Crippen LogP contribution in [0, 0.1) is 61.3 Å². The summed E-state index contributed by atoms with van der Waals surface area (Å²) in [4.78, 5) is 33.0. The minimum atomic E-state index is -1.75. The van der Waals surface area contributed by atoms with Gasteiger partial charge in [0.1, 0.15) is 0 Å². The van der Waals surface area contributed by atoms with Crippen molar-refractivity contribution in [3.63, 3.8) is 0 Å². The third-order valence-corrected chi connectivity index (χ3v) is 0. The number of nitrogens with zero attached hydrogens (tertiary/aromatic N) is 4. The normalized spacial score (nSPS) is 5.65. The van der Waals surface area contributed by atoms with Crippen molar-refractivity contribution in [2.75, 3.05) is 0 Å². The van der Waals surface area contributed by atoms with Gasteiger partial charge in [-0.3, -0.25) is 0 Å². The fourth-order valence-corrected chi connectivity index (χ4v) is 0. The van der Waals surface area contributed by atoms with Crippen LogP contribution in [0.3, 0.4) is 0 Å². The molecular weight excluding hydrogens is 363 g/mol. The fraction of sp³-hybridized carbons (Fsp3) is 0. The third-order valence-electron chi connectivity index (χ3n) is 0. The summed E-state index contributed by atoms with van der Waals surface area (Å²) in [6.07, 6.45) is 0. The second kappa shape index (κ2) is 23.5. The first kappa shape index (κ1) is 29.3. The zero-order valence-electron chi connectivity index (χ0n) is 6.69. The van der Waals surface area contributed by atoms with Crippen LogP contribution in [0.2, 0.25) is 0 Å². The molecule has 0 aromatic heterocycles. The molecule has 0 aromatic carbocycles. The molecule has 0 atom stereocenters. The van der Waals surface area contributed by atoms with Crippen molar-refractivity contribution in [2.45, 2.75) is 0 Å². The Labute approximate surface area is 108 Å². The Kier molecular flexibility index (Phi) is 40.5. The molecule has 0 saturated heterocycles.